The first-order valence-electron chi connectivity index (χ1n) is 12.4. The van der Waals surface area contributed by atoms with Crippen LogP contribution >= 0.6 is 23.4 Å². The fourth-order valence-corrected chi connectivity index (χ4v) is 5.73. The highest BCUT2D eigenvalue weighted by Crippen LogP contribution is 2.42. The summed E-state index contributed by atoms with van der Waals surface area (Å²) >= 11 is 7.63. The number of anilines is 1. The summed E-state index contributed by atoms with van der Waals surface area (Å²) in [6, 6.07) is 28.2. The van der Waals surface area contributed by atoms with Crippen LogP contribution in [0.3, 0.4) is 0 Å². The molecule has 4 aromatic rings. The van der Waals surface area contributed by atoms with E-state index in [1.165, 1.54) is 11.8 Å². The lowest BCUT2D eigenvalue weighted by atomic mass is 10.1. The van der Waals surface area contributed by atoms with E-state index in [0.29, 0.717) is 40.1 Å². The topological polar surface area (TPSA) is 67.9 Å². The molecule has 0 unspecified atom stereocenters. The van der Waals surface area contributed by atoms with Crippen LogP contribution in [0.1, 0.15) is 27.0 Å². The molecule has 0 radical (unpaired) electrons. The molecule has 2 heterocycles. The molecule has 1 N–H and O–H groups in total. The van der Waals surface area contributed by atoms with E-state index >= 15 is 0 Å². The smallest absolute Gasteiger partial charge is 0.265 e. The highest BCUT2D eigenvalue weighted by molar-refractivity contribution is 8.04. The van der Waals surface area contributed by atoms with E-state index in [1.807, 2.05) is 84.9 Å². The molecule has 6 nitrogen and oxygen atoms in total. The van der Waals surface area contributed by atoms with Crippen molar-refractivity contribution in [2.75, 3.05) is 11.7 Å². The molecule has 2 amide bonds. The standard InChI is InChI=1S/C31H23ClN2O4S/c32-24-5-3-4-22(14-24)18-34-25-6-1-2-7-28(25)39-29(31(34)36)16-20-8-11-23(12-9-20)30(35)33-17-21-10-13-26-27(15-21)38-19-37-26/h1-16H,17-19H2,(H,33,35)/b29-16+. The van der Waals surface area contributed by atoms with Crippen LogP contribution in [0.5, 0.6) is 11.5 Å². The summed E-state index contributed by atoms with van der Waals surface area (Å²) in [5, 5.41) is 3.57. The minimum Gasteiger partial charge on any atom is -0.454 e. The second kappa shape index (κ2) is 10.9. The Bertz CT molecular complexity index is 1600. The van der Waals surface area contributed by atoms with E-state index < -0.39 is 0 Å². The van der Waals surface area contributed by atoms with Gasteiger partial charge in [0.05, 0.1) is 17.1 Å². The number of hydrogen-bond acceptors (Lipinski definition) is 5. The molecule has 0 aromatic heterocycles. The first kappa shape index (κ1) is 25.1. The molecule has 0 bridgehead atoms. The van der Waals surface area contributed by atoms with Crippen LogP contribution in [-0.4, -0.2) is 18.6 Å². The minimum absolute atomic E-state index is 0.0794. The van der Waals surface area contributed by atoms with Crippen molar-refractivity contribution >= 4 is 46.9 Å². The van der Waals surface area contributed by atoms with Gasteiger partial charge >= 0.3 is 0 Å². The van der Waals surface area contributed by atoms with Gasteiger partial charge in [-0.25, -0.2) is 0 Å². The fraction of sp³-hybridized carbons (Fsp3) is 0.0968. The van der Waals surface area contributed by atoms with E-state index in [2.05, 4.69) is 5.32 Å². The van der Waals surface area contributed by atoms with Crippen LogP contribution in [0, 0.1) is 0 Å². The molecular weight excluding hydrogens is 532 g/mol. The Balaban J connectivity index is 1.17. The van der Waals surface area contributed by atoms with Gasteiger partial charge in [-0.1, -0.05) is 65.8 Å². The molecule has 8 heteroatoms. The minimum atomic E-state index is -0.184. The SMILES string of the molecule is O=C(NCc1ccc2c(c1)OCO2)c1ccc(/C=C2/Sc3ccccc3N(Cc3cccc(Cl)c3)C2=O)cc1. The van der Waals surface area contributed by atoms with Gasteiger partial charge in [-0.05, 0) is 71.3 Å². The number of hydrogen-bond donors (Lipinski definition) is 1. The van der Waals surface area contributed by atoms with Gasteiger partial charge in [-0.15, -0.1) is 0 Å². The summed E-state index contributed by atoms with van der Waals surface area (Å²) in [4.78, 5) is 29.7. The van der Waals surface area contributed by atoms with Crippen molar-refractivity contribution in [3.8, 4) is 11.5 Å². The lowest BCUT2D eigenvalue weighted by Gasteiger charge is -2.30. The van der Waals surface area contributed by atoms with E-state index in [0.717, 1.165) is 27.3 Å². The van der Waals surface area contributed by atoms with Crippen molar-refractivity contribution in [1.29, 1.82) is 0 Å². The predicted molar refractivity (Wildman–Crippen MR) is 153 cm³/mol. The summed E-state index contributed by atoms with van der Waals surface area (Å²) in [5.41, 5.74) is 4.12. The number of halogens is 1. The summed E-state index contributed by atoms with van der Waals surface area (Å²) < 4.78 is 10.7. The van der Waals surface area contributed by atoms with Gasteiger partial charge in [0.1, 0.15) is 0 Å². The molecule has 0 saturated heterocycles. The lowest BCUT2D eigenvalue weighted by Crippen LogP contribution is -2.33. The number of carbonyl (C=O) groups excluding carboxylic acids is 2. The molecule has 0 atom stereocenters. The van der Waals surface area contributed by atoms with Crippen LogP contribution < -0.4 is 19.7 Å². The number of para-hydroxylation sites is 1. The maximum atomic E-state index is 13.6. The van der Waals surface area contributed by atoms with Crippen molar-refractivity contribution in [2.45, 2.75) is 18.0 Å². The number of carbonyl (C=O) groups is 2. The van der Waals surface area contributed by atoms with Crippen LogP contribution in [-0.2, 0) is 17.9 Å². The quantitative estimate of drug-likeness (QED) is 0.269. The molecule has 0 fully saturated rings. The van der Waals surface area contributed by atoms with Gasteiger partial charge in [0, 0.05) is 22.0 Å². The predicted octanol–water partition coefficient (Wildman–Crippen LogP) is 6.68. The highest BCUT2D eigenvalue weighted by atomic mass is 35.5. The third-order valence-corrected chi connectivity index (χ3v) is 7.73. The number of nitrogens with zero attached hydrogens (tertiary/aromatic N) is 1. The number of amides is 2. The van der Waals surface area contributed by atoms with Crippen molar-refractivity contribution in [3.05, 3.63) is 123 Å². The molecule has 0 spiro atoms. The van der Waals surface area contributed by atoms with E-state index in [4.69, 9.17) is 21.1 Å². The van der Waals surface area contributed by atoms with Gasteiger partial charge in [0.25, 0.3) is 11.8 Å². The zero-order valence-electron chi connectivity index (χ0n) is 20.7. The monoisotopic (exact) mass is 554 g/mol. The van der Waals surface area contributed by atoms with Crippen molar-refractivity contribution in [1.82, 2.24) is 5.32 Å². The first-order chi connectivity index (χ1) is 19.0. The Morgan fingerprint density at radius 2 is 1.74 bits per heavy atom. The molecule has 0 aliphatic carbocycles. The van der Waals surface area contributed by atoms with E-state index in [9.17, 15) is 9.59 Å². The second-order valence-corrected chi connectivity index (χ2v) is 10.6. The van der Waals surface area contributed by atoms with Crippen LogP contribution in [0.25, 0.3) is 6.08 Å². The number of fused-ring (bicyclic) bond motifs is 2. The van der Waals surface area contributed by atoms with Gasteiger partial charge < -0.3 is 19.7 Å². The number of thioether (sulfide) groups is 1. The Morgan fingerprint density at radius 1 is 0.923 bits per heavy atom. The summed E-state index contributed by atoms with van der Waals surface area (Å²) in [6.45, 7) is 0.995. The zero-order valence-corrected chi connectivity index (χ0v) is 22.3. The van der Waals surface area contributed by atoms with Gasteiger partial charge in [0.15, 0.2) is 11.5 Å². The highest BCUT2D eigenvalue weighted by Gasteiger charge is 2.29. The zero-order chi connectivity index (χ0) is 26.8. The lowest BCUT2D eigenvalue weighted by molar-refractivity contribution is -0.114. The van der Waals surface area contributed by atoms with Gasteiger partial charge in [-0.3, -0.25) is 9.59 Å². The fourth-order valence-electron chi connectivity index (χ4n) is 4.45. The van der Waals surface area contributed by atoms with Gasteiger partial charge in [-0.2, -0.15) is 0 Å². The Labute approximate surface area is 235 Å². The van der Waals surface area contributed by atoms with Crippen molar-refractivity contribution < 1.29 is 19.1 Å². The maximum absolute atomic E-state index is 13.6. The average Bonchev–Trinajstić information content (AvgIpc) is 3.42. The maximum Gasteiger partial charge on any atom is 0.265 e. The third-order valence-electron chi connectivity index (χ3n) is 6.42. The summed E-state index contributed by atoms with van der Waals surface area (Å²) in [6.07, 6.45) is 1.86. The normalized spacial score (nSPS) is 14.8. The first-order valence-corrected chi connectivity index (χ1v) is 13.5. The molecule has 39 heavy (non-hydrogen) atoms. The summed E-state index contributed by atoms with van der Waals surface area (Å²) in [7, 11) is 0. The molecule has 0 saturated carbocycles. The second-order valence-electron chi connectivity index (χ2n) is 9.09. The number of nitrogens with one attached hydrogen (secondary N) is 1. The molecule has 4 aromatic carbocycles. The van der Waals surface area contributed by atoms with Crippen LogP contribution in [0.2, 0.25) is 5.02 Å². The Morgan fingerprint density at radius 3 is 2.59 bits per heavy atom. The largest absolute Gasteiger partial charge is 0.454 e. The van der Waals surface area contributed by atoms with E-state index in [-0.39, 0.29) is 18.6 Å². The summed E-state index contributed by atoms with van der Waals surface area (Å²) in [5.74, 6) is 1.13. The van der Waals surface area contributed by atoms with Gasteiger partial charge in [0.2, 0.25) is 6.79 Å². The Kier molecular flexibility index (Phi) is 7.00. The molecule has 2 aliphatic heterocycles. The van der Waals surface area contributed by atoms with Crippen LogP contribution in [0.4, 0.5) is 5.69 Å². The Hall–Kier alpha value is -4.20. The number of benzene rings is 4. The third kappa shape index (κ3) is 5.50. The molecule has 6 rings (SSSR count). The van der Waals surface area contributed by atoms with Crippen LogP contribution in [0.15, 0.2) is 101 Å². The molecule has 2 aliphatic rings. The van der Waals surface area contributed by atoms with Crippen molar-refractivity contribution in [3.63, 3.8) is 0 Å². The van der Waals surface area contributed by atoms with Crippen molar-refractivity contribution in [2.24, 2.45) is 0 Å². The molecule has 194 valence electrons. The number of ether oxygens (including phenoxy) is 2. The van der Waals surface area contributed by atoms with E-state index in [1.54, 1.807) is 17.0 Å². The average molecular weight is 555 g/mol. The molecular formula is C31H23ClN2O4S. The number of rotatable bonds is 6.